The van der Waals surface area contributed by atoms with Crippen LogP contribution >= 0.6 is 11.3 Å². The number of ketones is 1. The zero-order valence-corrected chi connectivity index (χ0v) is 24.8. The molecule has 220 valence electrons. The summed E-state index contributed by atoms with van der Waals surface area (Å²) in [6.07, 6.45) is 0.703. The highest BCUT2D eigenvalue weighted by molar-refractivity contribution is 7.22. The lowest BCUT2D eigenvalue weighted by Crippen LogP contribution is -2.29. The highest BCUT2D eigenvalue weighted by atomic mass is 32.1. The summed E-state index contributed by atoms with van der Waals surface area (Å²) < 4.78 is 18.1. The molecule has 0 saturated carbocycles. The summed E-state index contributed by atoms with van der Waals surface area (Å²) >= 11 is 1.28. The van der Waals surface area contributed by atoms with Crippen LogP contribution in [0.1, 0.15) is 35.2 Å². The van der Waals surface area contributed by atoms with Gasteiger partial charge < -0.3 is 19.3 Å². The number of nitrogens with zero attached hydrogens (tertiary/aromatic N) is 2. The number of aliphatic hydroxyl groups is 1. The van der Waals surface area contributed by atoms with Crippen LogP contribution in [0.5, 0.6) is 17.2 Å². The van der Waals surface area contributed by atoms with Gasteiger partial charge in [-0.25, -0.2) is 4.98 Å². The maximum atomic E-state index is 13.8. The normalized spacial score (nSPS) is 18.8. The molecule has 9 heteroatoms. The number of rotatable bonds is 7. The van der Waals surface area contributed by atoms with E-state index < -0.39 is 17.7 Å². The number of ether oxygens (including phenoxy) is 3. The van der Waals surface area contributed by atoms with Crippen molar-refractivity contribution in [2.45, 2.75) is 32.1 Å². The number of carbonyl (C=O) groups is 2. The molecule has 3 heterocycles. The molecule has 8 nitrogen and oxygen atoms in total. The number of aromatic nitrogens is 1. The Hall–Kier alpha value is -5.15. The third kappa shape index (κ3) is 4.95. The Morgan fingerprint density at radius 2 is 1.84 bits per heavy atom. The van der Waals surface area contributed by atoms with Gasteiger partial charge in [0, 0.05) is 12.0 Å². The molecule has 0 aliphatic carbocycles. The van der Waals surface area contributed by atoms with Crippen LogP contribution in [0.4, 0.5) is 5.13 Å². The molecule has 0 bridgehead atoms. The Kier molecular flexibility index (Phi) is 7.02. The number of hydrogen-bond acceptors (Lipinski definition) is 8. The van der Waals surface area contributed by atoms with Crippen molar-refractivity contribution in [1.82, 2.24) is 4.98 Å². The van der Waals surface area contributed by atoms with Gasteiger partial charge in [-0.3, -0.25) is 14.5 Å². The van der Waals surface area contributed by atoms with Crippen molar-refractivity contribution in [2.75, 3.05) is 12.0 Å². The van der Waals surface area contributed by atoms with Gasteiger partial charge in [0.05, 0.1) is 28.9 Å². The van der Waals surface area contributed by atoms with E-state index in [2.05, 4.69) is 0 Å². The van der Waals surface area contributed by atoms with E-state index >= 15 is 0 Å². The fourth-order valence-corrected chi connectivity index (χ4v) is 6.73. The second kappa shape index (κ2) is 11.2. The van der Waals surface area contributed by atoms with E-state index in [1.165, 1.54) is 16.2 Å². The van der Waals surface area contributed by atoms with Crippen LogP contribution in [0, 0.1) is 0 Å². The minimum atomic E-state index is -0.943. The van der Waals surface area contributed by atoms with Crippen LogP contribution in [0.25, 0.3) is 16.0 Å². The molecule has 1 fully saturated rings. The van der Waals surface area contributed by atoms with E-state index in [1.807, 2.05) is 73.7 Å². The van der Waals surface area contributed by atoms with Crippen molar-refractivity contribution in [3.63, 3.8) is 0 Å². The van der Waals surface area contributed by atoms with Crippen LogP contribution in [-0.4, -0.2) is 35.0 Å². The topological polar surface area (TPSA) is 98.2 Å². The van der Waals surface area contributed by atoms with E-state index in [1.54, 1.807) is 31.4 Å². The lowest BCUT2D eigenvalue weighted by molar-refractivity contribution is -0.132. The second-order valence-electron chi connectivity index (χ2n) is 10.8. The first kappa shape index (κ1) is 27.7. The average molecular weight is 605 g/mol. The van der Waals surface area contributed by atoms with Crippen molar-refractivity contribution >= 4 is 44.1 Å². The molecule has 0 unspecified atom stereocenters. The molecular formula is C35H28N2O6S. The number of fused-ring (bicyclic) bond motifs is 2. The van der Waals surface area contributed by atoms with E-state index in [0.29, 0.717) is 46.3 Å². The Balaban J connectivity index is 1.34. The molecule has 44 heavy (non-hydrogen) atoms. The zero-order valence-electron chi connectivity index (χ0n) is 24.0. The summed E-state index contributed by atoms with van der Waals surface area (Å²) in [6.45, 7) is 2.32. The summed E-state index contributed by atoms with van der Waals surface area (Å²) in [5.41, 5.74) is 3.63. The lowest BCUT2D eigenvalue weighted by Gasteiger charge is -2.23. The van der Waals surface area contributed by atoms with Crippen LogP contribution in [0.2, 0.25) is 0 Å². The molecular weight excluding hydrogens is 576 g/mol. The number of methoxy groups -OCH3 is 1. The zero-order chi connectivity index (χ0) is 30.4. The first-order chi connectivity index (χ1) is 21.4. The quantitative estimate of drug-likeness (QED) is 0.123. The number of anilines is 1. The minimum absolute atomic E-state index is 0.0149. The molecule has 7 rings (SSSR count). The highest BCUT2D eigenvalue weighted by Crippen LogP contribution is 2.45. The fraction of sp³-hybridized carbons (Fsp3) is 0.171. The summed E-state index contributed by atoms with van der Waals surface area (Å²) in [5, 5.41) is 12.0. The Morgan fingerprint density at radius 1 is 1.00 bits per heavy atom. The maximum Gasteiger partial charge on any atom is 0.301 e. The summed E-state index contributed by atoms with van der Waals surface area (Å²) in [5.74, 6) is 0.163. The van der Waals surface area contributed by atoms with Crippen molar-refractivity contribution < 1.29 is 28.9 Å². The van der Waals surface area contributed by atoms with E-state index in [0.717, 1.165) is 21.6 Å². The third-order valence-corrected chi connectivity index (χ3v) is 8.84. The molecule has 1 N–H and O–H groups in total. The number of aliphatic hydroxyl groups excluding tert-OH is 1. The average Bonchev–Trinajstić information content (AvgIpc) is 3.71. The van der Waals surface area contributed by atoms with E-state index in [9.17, 15) is 14.7 Å². The summed E-state index contributed by atoms with van der Waals surface area (Å²) in [6, 6.07) is 26.9. The van der Waals surface area contributed by atoms with Crippen LogP contribution in [0.15, 0.2) is 96.6 Å². The number of amides is 1. The molecule has 2 aliphatic heterocycles. The number of benzene rings is 4. The number of Topliss-reactive ketones (excluding diaryl/α,β-unsaturated/α-hetero) is 1. The van der Waals surface area contributed by atoms with Crippen molar-refractivity contribution in [3.05, 3.63) is 119 Å². The molecule has 1 aromatic heterocycles. The summed E-state index contributed by atoms with van der Waals surface area (Å²) in [4.78, 5) is 33.6. The molecule has 2 atom stereocenters. The number of thiazole rings is 1. The number of hydrogen-bond donors (Lipinski definition) is 1. The predicted molar refractivity (Wildman–Crippen MR) is 168 cm³/mol. The highest BCUT2D eigenvalue weighted by Gasteiger charge is 2.48. The van der Waals surface area contributed by atoms with Gasteiger partial charge in [0.25, 0.3) is 5.78 Å². The molecule has 5 aromatic rings. The third-order valence-electron chi connectivity index (χ3n) is 7.83. The van der Waals surface area contributed by atoms with E-state index in [4.69, 9.17) is 19.2 Å². The monoisotopic (exact) mass is 604 g/mol. The van der Waals surface area contributed by atoms with Gasteiger partial charge in [0.15, 0.2) is 5.13 Å². The van der Waals surface area contributed by atoms with Crippen LogP contribution < -0.4 is 19.1 Å². The van der Waals surface area contributed by atoms with Gasteiger partial charge in [0.1, 0.15) is 35.7 Å². The Labute approximate surface area is 257 Å². The maximum absolute atomic E-state index is 13.8. The van der Waals surface area contributed by atoms with E-state index in [-0.39, 0.29) is 17.4 Å². The van der Waals surface area contributed by atoms with Crippen molar-refractivity contribution in [3.8, 4) is 17.2 Å². The second-order valence-corrected chi connectivity index (χ2v) is 11.8. The molecule has 2 aliphatic rings. The standard InChI is InChI=1S/C35H28N2O6S/c1-20-15-24-16-23(11-14-28(24)43-20)32(38)30-31(22-9-6-10-26(17-22)42-19-21-7-4-3-5-8-21)37(34(40)33(30)39)35-36-27-13-12-25(41-2)18-29(27)44-35/h3-14,16-18,20,31,38H,15,19H2,1-2H3/b32-30+/t20-,31+/m0/s1. The first-order valence-electron chi connectivity index (χ1n) is 14.2. The van der Waals surface area contributed by atoms with Gasteiger partial charge in [0.2, 0.25) is 0 Å². The van der Waals surface area contributed by atoms with Gasteiger partial charge in [-0.05, 0) is 72.1 Å². The lowest BCUT2D eigenvalue weighted by atomic mass is 9.94. The van der Waals surface area contributed by atoms with Gasteiger partial charge in [-0.15, -0.1) is 0 Å². The smallest absolute Gasteiger partial charge is 0.301 e. The molecule has 1 saturated heterocycles. The molecule has 4 aromatic carbocycles. The van der Waals surface area contributed by atoms with Gasteiger partial charge in [-0.2, -0.15) is 0 Å². The SMILES string of the molecule is COc1ccc2nc(N3C(=O)C(=O)/C(=C(/O)c4ccc5c(c4)C[C@H](C)O5)[C@H]3c3cccc(OCc4ccccc4)c3)sc2c1. The first-order valence-corrected chi connectivity index (χ1v) is 15.0. The van der Waals surface area contributed by atoms with Crippen LogP contribution in [-0.2, 0) is 22.6 Å². The largest absolute Gasteiger partial charge is 0.507 e. The minimum Gasteiger partial charge on any atom is -0.507 e. The van der Waals surface area contributed by atoms with Gasteiger partial charge in [-0.1, -0.05) is 53.8 Å². The number of carbonyl (C=O) groups excluding carboxylic acids is 2. The van der Waals surface area contributed by atoms with Crippen molar-refractivity contribution in [1.29, 1.82) is 0 Å². The molecule has 0 radical (unpaired) electrons. The predicted octanol–water partition coefficient (Wildman–Crippen LogP) is 6.83. The Morgan fingerprint density at radius 3 is 2.66 bits per heavy atom. The Bertz CT molecular complexity index is 1950. The molecule has 0 spiro atoms. The molecule has 1 amide bonds. The van der Waals surface area contributed by atoms with Crippen molar-refractivity contribution in [2.24, 2.45) is 0 Å². The van der Waals surface area contributed by atoms with Gasteiger partial charge >= 0.3 is 5.91 Å². The summed E-state index contributed by atoms with van der Waals surface area (Å²) in [7, 11) is 1.58. The fourth-order valence-electron chi connectivity index (χ4n) is 5.71. The van der Waals surface area contributed by atoms with Crippen LogP contribution in [0.3, 0.4) is 0 Å².